The molecular weight excluding hydrogens is 218 g/mol. The van der Waals surface area contributed by atoms with Crippen LogP contribution in [-0.4, -0.2) is 5.91 Å². The molecule has 1 amide bonds. The third kappa shape index (κ3) is 2.08. The van der Waals surface area contributed by atoms with Gasteiger partial charge in [0.15, 0.2) is 0 Å². The van der Waals surface area contributed by atoms with Crippen molar-refractivity contribution in [2.24, 2.45) is 0 Å². The number of nitrogens with one attached hydrogen (secondary N) is 1. The Hall–Kier alpha value is -0.830. The van der Waals surface area contributed by atoms with Crippen LogP contribution in [0.15, 0.2) is 22.7 Å². The van der Waals surface area contributed by atoms with Gasteiger partial charge in [0, 0.05) is 17.1 Å². The van der Waals surface area contributed by atoms with E-state index in [9.17, 15) is 4.79 Å². The number of hydrogen-bond acceptors (Lipinski definition) is 1. The molecule has 1 N–H and O–H groups in total. The van der Waals surface area contributed by atoms with E-state index in [1.54, 1.807) is 0 Å². The van der Waals surface area contributed by atoms with E-state index in [1.807, 2.05) is 25.1 Å². The minimum Gasteiger partial charge on any atom is -0.326 e. The zero-order chi connectivity index (χ0) is 9.14. The Morgan fingerprint density at radius 2 is 2.17 bits per heavy atom. The van der Waals surface area contributed by atoms with Gasteiger partial charge in [0.1, 0.15) is 0 Å². The molecule has 0 aliphatic heterocycles. The molecule has 0 spiro atoms. The summed E-state index contributed by atoms with van der Waals surface area (Å²) in [4.78, 5) is 10.8. The first-order chi connectivity index (χ1) is 5.61. The van der Waals surface area contributed by atoms with Gasteiger partial charge in [-0.2, -0.15) is 0 Å². The summed E-state index contributed by atoms with van der Waals surface area (Å²) in [5.41, 5.74) is 1.91. The van der Waals surface area contributed by atoms with Crippen molar-refractivity contribution in [3.8, 4) is 0 Å². The van der Waals surface area contributed by atoms with Gasteiger partial charge < -0.3 is 5.32 Å². The zero-order valence-electron chi connectivity index (χ0n) is 7.02. The Kier molecular flexibility index (Phi) is 2.87. The second-order valence-electron chi connectivity index (χ2n) is 2.59. The highest BCUT2D eigenvalue weighted by Gasteiger charge is 2.01. The lowest BCUT2D eigenvalue weighted by atomic mass is 10.2. The average molecular weight is 228 g/mol. The summed E-state index contributed by atoms with van der Waals surface area (Å²) in [6.45, 7) is 3.45. The molecule has 64 valence electrons. The van der Waals surface area contributed by atoms with E-state index < -0.39 is 0 Å². The van der Waals surface area contributed by atoms with E-state index in [4.69, 9.17) is 0 Å². The van der Waals surface area contributed by atoms with Crippen LogP contribution in [0.5, 0.6) is 0 Å². The van der Waals surface area contributed by atoms with Gasteiger partial charge in [-0.25, -0.2) is 0 Å². The van der Waals surface area contributed by atoms with Crippen LogP contribution >= 0.6 is 15.9 Å². The number of carbonyl (C=O) groups is 1. The molecule has 3 heteroatoms. The number of halogens is 1. The van der Waals surface area contributed by atoms with E-state index >= 15 is 0 Å². The normalized spacial score (nSPS) is 9.58. The zero-order valence-corrected chi connectivity index (χ0v) is 8.60. The number of hydrogen-bond donors (Lipinski definition) is 1. The van der Waals surface area contributed by atoms with Crippen LogP contribution in [0, 0.1) is 6.92 Å². The summed E-state index contributed by atoms with van der Waals surface area (Å²) in [5.74, 6) is -0.0452. The summed E-state index contributed by atoms with van der Waals surface area (Å²) in [5, 5.41) is 2.74. The van der Waals surface area contributed by atoms with Crippen LogP contribution in [0.2, 0.25) is 0 Å². The molecule has 0 saturated heterocycles. The number of amides is 1. The predicted octanol–water partition coefficient (Wildman–Crippen LogP) is 2.72. The Morgan fingerprint density at radius 1 is 1.50 bits per heavy atom. The fraction of sp³-hybridized carbons (Fsp3) is 0.222. The van der Waals surface area contributed by atoms with Crippen LogP contribution in [0.4, 0.5) is 5.69 Å². The van der Waals surface area contributed by atoms with Crippen LogP contribution in [0.3, 0.4) is 0 Å². The third-order valence-corrected chi connectivity index (χ3v) is 2.44. The van der Waals surface area contributed by atoms with Gasteiger partial charge in [0.05, 0.1) is 0 Å². The molecular formula is C9H10BrNO. The molecule has 0 radical (unpaired) electrons. The number of anilines is 1. The molecule has 1 aromatic carbocycles. The summed E-state index contributed by atoms with van der Waals surface area (Å²) in [7, 11) is 0. The Morgan fingerprint density at radius 3 is 2.75 bits per heavy atom. The maximum atomic E-state index is 10.8. The van der Waals surface area contributed by atoms with Crippen molar-refractivity contribution in [3.63, 3.8) is 0 Å². The minimum absolute atomic E-state index is 0.0452. The van der Waals surface area contributed by atoms with Gasteiger partial charge in [-0.05, 0) is 24.6 Å². The first-order valence-corrected chi connectivity index (χ1v) is 4.43. The average Bonchev–Trinajstić information content (AvgIpc) is 1.98. The van der Waals surface area contributed by atoms with Crippen LogP contribution in [0.25, 0.3) is 0 Å². The lowest BCUT2D eigenvalue weighted by Gasteiger charge is -2.06. The van der Waals surface area contributed by atoms with E-state index in [2.05, 4.69) is 21.2 Å². The van der Waals surface area contributed by atoms with Crippen LogP contribution < -0.4 is 5.32 Å². The van der Waals surface area contributed by atoms with Crippen molar-refractivity contribution in [2.45, 2.75) is 13.8 Å². The molecule has 0 aliphatic rings. The highest BCUT2D eigenvalue weighted by atomic mass is 79.9. The number of rotatable bonds is 1. The quantitative estimate of drug-likeness (QED) is 0.786. The summed E-state index contributed by atoms with van der Waals surface area (Å²) < 4.78 is 1.01. The molecule has 0 saturated carbocycles. The SMILES string of the molecule is CC(=O)Nc1cccc(Br)c1C. The molecule has 0 heterocycles. The van der Waals surface area contributed by atoms with Crippen molar-refractivity contribution in [1.29, 1.82) is 0 Å². The first kappa shape index (κ1) is 9.26. The van der Waals surface area contributed by atoms with Crippen LogP contribution in [-0.2, 0) is 4.79 Å². The summed E-state index contributed by atoms with van der Waals surface area (Å²) in [6.07, 6.45) is 0. The fourth-order valence-electron chi connectivity index (χ4n) is 0.933. The van der Waals surface area contributed by atoms with Crippen molar-refractivity contribution in [3.05, 3.63) is 28.2 Å². The molecule has 1 aromatic rings. The molecule has 1 rings (SSSR count). The van der Waals surface area contributed by atoms with Gasteiger partial charge in [-0.1, -0.05) is 22.0 Å². The van der Waals surface area contributed by atoms with Crippen molar-refractivity contribution < 1.29 is 4.79 Å². The second-order valence-corrected chi connectivity index (χ2v) is 3.45. The Bertz CT molecular complexity index is 309. The standard InChI is InChI=1S/C9H10BrNO/c1-6-8(10)4-3-5-9(6)11-7(2)12/h3-5H,1-2H3,(H,11,12). The van der Waals surface area contributed by atoms with Gasteiger partial charge in [-0.15, -0.1) is 0 Å². The van der Waals surface area contributed by atoms with Gasteiger partial charge in [-0.3, -0.25) is 4.79 Å². The topological polar surface area (TPSA) is 29.1 Å². The maximum Gasteiger partial charge on any atom is 0.221 e. The highest BCUT2D eigenvalue weighted by molar-refractivity contribution is 9.10. The van der Waals surface area contributed by atoms with E-state index in [-0.39, 0.29) is 5.91 Å². The third-order valence-electron chi connectivity index (χ3n) is 1.58. The second kappa shape index (κ2) is 3.72. The molecule has 0 fully saturated rings. The lowest BCUT2D eigenvalue weighted by molar-refractivity contribution is -0.114. The maximum absolute atomic E-state index is 10.8. The van der Waals surface area contributed by atoms with Gasteiger partial charge >= 0.3 is 0 Å². The number of carbonyl (C=O) groups excluding carboxylic acids is 1. The smallest absolute Gasteiger partial charge is 0.221 e. The Labute approximate surface area is 80.1 Å². The lowest BCUT2D eigenvalue weighted by Crippen LogP contribution is -2.06. The Balaban J connectivity index is 3.00. The van der Waals surface area contributed by atoms with Crippen molar-refractivity contribution in [1.82, 2.24) is 0 Å². The van der Waals surface area contributed by atoms with E-state index in [0.717, 1.165) is 15.7 Å². The molecule has 0 unspecified atom stereocenters. The monoisotopic (exact) mass is 227 g/mol. The first-order valence-electron chi connectivity index (χ1n) is 3.64. The van der Waals surface area contributed by atoms with Gasteiger partial charge in [0.25, 0.3) is 0 Å². The van der Waals surface area contributed by atoms with Crippen molar-refractivity contribution >= 4 is 27.5 Å². The molecule has 0 aliphatic carbocycles. The molecule has 0 aromatic heterocycles. The molecule has 2 nitrogen and oxygen atoms in total. The largest absolute Gasteiger partial charge is 0.326 e. The van der Waals surface area contributed by atoms with Crippen molar-refractivity contribution in [2.75, 3.05) is 5.32 Å². The molecule has 0 bridgehead atoms. The highest BCUT2D eigenvalue weighted by Crippen LogP contribution is 2.23. The van der Waals surface area contributed by atoms with Crippen LogP contribution in [0.1, 0.15) is 12.5 Å². The predicted molar refractivity (Wildman–Crippen MR) is 53.2 cm³/mol. The minimum atomic E-state index is -0.0452. The van der Waals surface area contributed by atoms with E-state index in [0.29, 0.717) is 0 Å². The van der Waals surface area contributed by atoms with E-state index in [1.165, 1.54) is 6.92 Å². The van der Waals surface area contributed by atoms with Gasteiger partial charge in [0.2, 0.25) is 5.91 Å². The molecule has 12 heavy (non-hydrogen) atoms. The fourth-order valence-corrected chi connectivity index (χ4v) is 1.30. The molecule has 0 atom stereocenters. The summed E-state index contributed by atoms with van der Waals surface area (Å²) in [6, 6.07) is 5.71. The summed E-state index contributed by atoms with van der Waals surface area (Å²) >= 11 is 3.38. The number of benzene rings is 1.